The number of aryl methyl sites for hydroxylation is 1. The van der Waals surface area contributed by atoms with Crippen molar-refractivity contribution in [1.29, 1.82) is 0 Å². The summed E-state index contributed by atoms with van der Waals surface area (Å²) in [6.07, 6.45) is -0.335. The van der Waals surface area contributed by atoms with E-state index in [-0.39, 0.29) is 13.1 Å². The lowest BCUT2D eigenvalue weighted by atomic mass is 9.99. The van der Waals surface area contributed by atoms with Crippen LogP contribution in [0.1, 0.15) is 21.6 Å². The van der Waals surface area contributed by atoms with E-state index in [2.05, 4.69) is 30.8 Å². The highest BCUT2D eigenvalue weighted by molar-refractivity contribution is 6.03. The first-order valence-corrected chi connectivity index (χ1v) is 13.2. The zero-order valence-electron chi connectivity index (χ0n) is 23.9. The molecule has 0 aliphatic carbocycles. The van der Waals surface area contributed by atoms with E-state index < -0.39 is 35.2 Å². The third-order valence-electron chi connectivity index (χ3n) is 6.79. The van der Waals surface area contributed by atoms with Crippen molar-refractivity contribution in [2.24, 2.45) is 5.92 Å². The molecule has 1 amide bonds. The number of amides is 1. The Morgan fingerprint density at radius 1 is 1.05 bits per heavy atom. The van der Waals surface area contributed by atoms with Gasteiger partial charge in [0.05, 0.1) is 29.9 Å². The minimum Gasteiger partial charge on any atom is -0.373 e. The molecule has 44 heavy (non-hydrogen) atoms. The Kier molecular flexibility index (Phi) is 9.62. The van der Waals surface area contributed by atoms with Crippen LogP contribution in [0.15, 0.2) is 67.1 Å². The third kappa shape index (κ3) is 7.75. The molecule has 9 nitrogen and oxygen atoms in total. The summed E-state index contributed by atoms with van der Waals surface area (Å²) >= 11 is 0. The Morgan fingerprint density at radius 3 is 2.41 bits per heavy atom. The molecule has 1 aromatic carbocycles. The maximum absolute atomic E-state index is 12.9. The lowest BCUT2D eigenvalue weighted by Gasteiger charge is -2.12. The van der Waals surface area contributed by atoms with Crippen LogP contribution < -0.4 is 10.6 Å². The van der Waals surface area contributed by atoms with Gasteiger partial charge in [-0.2, -0.15) is 18.3 Å². The van der Waals surface area contributed by atoms with Crippen LogP contribution in [-0.2, 0) is 11.0 Å². The van der Waals surface area contributed by atoms with Gasteiger partial charge in [-0.25, -0.2) is 13.8 Å². The smallest absolute Gasteiger partial charge is 0.373 e. The lowest BCUT2D eigenvalue weighted by Crippen LogP contribution is -2.27. The van der Waals surface area contributed by atoms with Gasteiger partial charge < -0.3 is 15.4 Å². The molecule has 1 aliphatic rings. The van der Waals surface area contributed by atoms with E-state index >= 15 is 0 Å². The highest BCUT2D eigenvalue weighted by atomic mass is 19.4. The summed E-state index contributed by atoms with van der Waals surface area (Å²) in [6, 6.07) is 13.4. The van der Waals surface area contributed by atoms with Gasteiger partial charge in [0.15, 0.2) is 5.69 Å². The highest BCUT2D eigenvalue weighted by Crippen LogP contribution is 2.32. The monoisotopic (exact) mass is 613 g/mol. The second-order valence-electron chi connectivity index (χ2n) is 10.1. The van der Waals surface area contributed by atoms with E-state index in [1.165, 1.54) is 4.90 Å². The summed E-state index contributed by atoms with van der Waals surface area (Å²) in [5.74, 6) is -3.99. The molecule has 0 saturated carbocycles. The average molecular weight is 614 g/mol. The number of pyridine rings is 2. The summed E-state index contributed by atoms with van der Waals surface area (Å²) in [6.45, 7) is 1.80. The van der Waals surface area contributed by atoms with Crippen LogP contribution in [0.25, 0.3) is 22.4 Å². The minimum atomic E-state index is -4.62. The number of rotatable bonds is 6. The van der Waals surface area contributed by atoms with Crippen molar-refractivity contribution >= 4 is 23.7 Å². The number of alkyl halides is 5. The normalized spacial score (nSPS) is 16.0. The van der Waals surface area contributed by atoms with Gasteiger partial charge in [0.2, 0.25) is 0 Å². The van der Waals surface area contributed by atoms with Crippen LogP contribution in [0.3, 0.4) is 0 Å². The summed E-state index contributed by atoms with van der Waals surface area (Å²) in [7, 11) is 3.36. The molecule has 0 spiro atoms. The summed E-state index contributed by atoms with van der Waals surface area (Å²) in [5, 5.41) is 12.4. The number of carbonyl (C=O) groups excluding carboxylic acids is 2. The molecule has 230 valence electrons. The third-order valence-corrected chi connectivity index (χ3v) is 6.79. The molecule has 1 unspecified atom stereocenters. The Balaban J connectivity index is 0.000000375. The van der Waals surface area contributed by atoms with Gasteiger partial charge in [-0.1, -0.05) is 6.07 Å². The van der Waals surface area contributed by atoms with Crippen molar-refractivity contribution in [3.63, 3.8) is 0 Å². The number of likely N-dealkylation sites (tertiary alicyclic amines) is 1. The van der Waals surface area contributed by atoms with Gasteiger partial charge in [-0.3, -0.25) is 14.7 Å². The van der Waals surface area contributed by atoms with E-state index in [9.17, 15) is 31.5 Å². The number of aromatic nitrogens is 4. The standard InChI is InChI=1S/C24H19F3N6O.C6H9F2NO/c1-14-3-4-18(32-23(34)21-11-17(13-31-33-21)24(25,26)27)12-19(14)15-5-7-29-20(9-15)16-6-8-30-22(10-16)28-2;1-9-2-5(3-10)6(7,8)4-9/h3-13H,1-2H3,(H,28,30)(H,32,34);3,5H,2,4H2,1H3. The molecule has 1 aliphatic heterocycles. The average Bonchev–Trinajstić information content (AvgIpc) is 3.28. The number of hydrogen-bond acceptors (Lipinski definition) is 8. The molecule has 5 rings (SSSR count). The fourth-order valence-electron chi connectivity index (χ4n) is 4.47. The molecule has 0 radical (unpaired) electrons. The fourth-order valence-corrected chi connectivity index (χ4v) is 4.47. The van der Waals surface area contributed by atoms with Crippen molar-refractivity contribution in [1.82, 2.24) is 25.1 Å². The molecule has 2 N–H and O–H groups in total. The van der Waals surface area contributed by atoms with Gasteiger partial charge >= 0.3 is 6.18 Å². The SMILES string of the molecule is CN1CC(C=O)C(F)(F)C1.CNc1cc(-c2cc(-c3cc(NC(=O)c4cc(C(F)(F)F)cnn4)ccc3C)ccn2)ccn1. The Labute approximate surface area is 249 Å². The van der Waals surface area contributed by atoms with Crippen molar-refractivity contribution in [3.05, 3.63) is 83.9 Å². The Hall–Kier alpha value is -4.85. The van der Waals surface area contributed by atoms with E-state index in [1.807, 2.05) is 37.3 Å². The molecule has 4 heterocycles. The molecular formula is C30H28F5N7O2. The minimum absolute atomic E-state index is 0.177. The number of nitrogens with one attached hydrogen (secondary N) is 2. The number of aldehydes is 1. The van der Waals surface area contributed by atoms with E-state index in [0.29, 0.717) is 30.1 Å². The molecule has 1 saturated heterocycles. The number of carbonyl (C=O) groups is 2. The predicted molar refractivity (Wildman–Crippen MR) is 154 cm³/mol. The largest absolute Gasteiger partial charge is 0.418 e. The van der Waals surface area contributed by atoms with E-state index in [1.54, 1.807) is 38.6 Å². The topological polar surface area (TPSA) is 113 Å². The van der Waals surface area contributed by atoms with Crippen molar-refractivity contribution < 1.29 is 31.5 Å². The predicted octanol–water partition coefficient (Wildman–Crippen LogP) is 5.60. The molecule has 3 aromatic heterocycles. The van der Waals surface area contributed by atoms with Gasteiger partial charge in [0.1, 0.15) is 12.1 Å². The number of anilines is 2. The first kappa shape index (κ1) is 32.1. The Morgan fingerprint density at radius 2 is 1.77 bits per heavy atom. The van der Waals surface area contributed by atoms with Gasteiger partial charge in [-0.15, -0.1) is 5.10 Å². The molecule has 1 atom stereocenters. The molecule has 4 aromatic rings. The van der Waals surface area contributed by atoms with Crippen LogP contribution in [0, 0.1) is 12.8 Å². The summed E-state index contributed by atoms with van der Waals surface area (Å²) in [4.78, 5) is 32.7. The lowest BCUT2D eigenvalue weighted by molar-refractivity contribution is -0.138. The van der Waals surface area contributed by atoms with E-state index in [0.717, 1.165) is 27.9 Å². The number of nitrogens with zero attached hydrogens (tertiary/aromatic N) is 5. The number of benzene rings is 1. The van der Waals surface area contributed by atoms with Crippen LogP contribution in [0.4, 0.5) is 33.5 Å². The Bertz CT molecular complexity index is 1650. The second-order valence-corrected chi connectivity index (χ2v) is 10.1. The zero-order valence-corrected chi connectivity index (χ0v) is 23.9. The zero-order chi connectivity index (χ0) is 32.1. The fraction of sp³-hybridized carbons (Fsp3) is 0.267. The second kappa shape index (κ2) is 13.2. The van der Waals surface area contributed by atoms with Crippen molar-refractivity contribution in [3.8, 4) is 22.4 Å². The summed E-state index contributed by atoms with van der Waals surface area (Å²) in [5.41, 5.74) is 3.19. The van der Waals surface area contributed by atoms with Crippen LogP contribution in [0.2, 0.25) is 0 Å². The molecule has 14 heteroatoms. The van der Waals surface area contributed by atoms with Crippen LogP contribution in [0.5, 0.6) is 0 Å². The maximum Gasteiger partial charge on any atom is 0.418 e. The van der Waals surface area contributed by atoms with Crippen molar-refractivity contribution in [2.45, 2.75) is 19.0 Å². The number of hydrogen-bond donors (Lipinski definition) is 2. The maximum atomic E-state index is 12.9. The molecule has 1 fully saturated rings. The first-order valence-electron chi connectivity index (χ1n) is 13.2. The highest BCUT2D eigenvalue weighted by Gasteiger charge is 2.46. The molecular weight excluding hydrogens is 585 g/mol. The van der Waals surface area contributed by atoms with Crippen molar-refractivity contribution in [2.75, 3.05) is 37.8 Å². The summed E-state index contributed by atoms with van der Waals surface area (Å²) < 4.78 is 64.0. The van der Waals surface area contributed by atoms with Gasteiger partial charge in [-0.05, 0) is 73.1 Å². The quantitative estimate of drug-likeness (QED) is 0.213. The van der Waals surface area contributed by atoms with Gasteiger partial charge in [0.25, 0.3) is 11.8 Å². The molecule has 0 bridgehead atoms. The van der Waals surface area contributed by atoms with Crippen LogP contribution >= 0.6 is 0 Å². The van der Waals surface area contributed by atoms with E-state index in [4.69, 9.17) is 0 Å². The number of halogens is 5. The van der Waals surface area contributed by atoms with Crippen LogP contribution in [-0.4, -0.2) is 70.4 Å². The first-order chi connectivity index (χ1) is 20.8. The van der Waals surface area contributed by atoms with Gasteiger partial charge in [0, 0.05) is 37.2 Å².